The molecular formula is C30H21BO2. The summed E-state index contributed by atoms with van der Waals surface area (Å²) in [7, 11) is 0. The molecule has 4 aromatic carbocycles. The molecule has 0 amide bonds. The monoisotopic (exact) mass is 424 g/mol. The lowest BCUT2D eigenvalue weighted by molar-refractivity contribution is 0.246. The number of benzene rings is 4. The Hall–Kier alpha value is -3.98. The van der Waals surface area contributed by atoms with Gasteiger partial charge in [-0.05, 0) is 52.0 Å². The van der Waals surface area contributed by atoms with Crippen LogP contribution in [-0.2, 0) is 0 Å². The van der Waals surface area contributed by atoms with Crippen LogP contribution in [0.2, 0.25) is 5.82 Å². The summed E-state index contributed by atoms with van der Waals surface area (Å²) in [6.07, 6.45) is 6.82. The van der Waals surface area contributed by atoms with Crippen molar-refractivity contribution in [3.8, 4) is 28.4 Å². The third-order valence-corrected chi connectivity index (χ3v) is 6.98. The van der Waals surface area contributed by atoms with Crippen LogP contribution in [0.4, 0.5) is 0 Å². The first-order valence-corrected chi connectivity index (χ1v) is 11.5. The van der Waals surface area contributed by atoms with Crippen LogP contribution in [0.15, 0.2) is 115 Å². The Kier molecular flexibility index (Phi) is 4.10. The van der Waals surface area contributed by atoms with E-state index in [-0.39, 0.29) is 18.6 Å². The maximum atomic E-state index is 6.49. The molecule has 2 heterocycles. The van der Waals surface area contributed by atoms with E-state index in [0.29, 0.717) is 0 Å². The highest BCUT2D eigenvalue weighted by atomic mass is 16.5. The van der Waals surface area contributed by atoms with Crippen molar-refractivity contribution in [2.45, 2.75) is 11.9 Å². The summed E-state index contributed by atoms with van der Waals surface area (Å²) in [4.78, 5) is 0. The first kappa shape index (κ1) is 18.6. The Labute approximate surface area is 193 Å². The highest BCUT2D eigenvalue weighted by molar-refractivity contribution is 6.89. The van der Waals surface area contributed by atoms with Crippen molar-refractivity contribution in [2.24, 2.45) is 0 Å². The summed E-state index contributed by atoms with van der Waals surface area (Å²) in [5, 5.41) is 0. The average molecular weight is 424 g/mol. The molecule has 156 valence electrons. The van der Waals surface area contributed by atoms with E-state index in [2.05, 4.69) is 109 Å². The van der Waals surface area contributed by atoms with Crippen molar-refractivity contribution in [1.82, 2.24) is 0 Å². The maximum absolute atomic E-state index is 6.49. The predicted octanol–water partition coefficient (Wildman–Crippen LogP) is 5.85. The van der Waals surface area contributed by atoms with Crippen molar-refractivity contribution in [3.05, 3.63) is 121 Å². The van der Waals surface area contributed by atoms with Crippen molar-refractivity contribution in [2.75, 3.05) is 0 Å². The first-order valence-electron chi connectivity index (χ1n) is 11.5. The zero-order valence-electron chi connectivity index (χ0n) is 18.0. The topological polar surface area (TPSA) is 18.5 Å². The first-order chi connectivity index (χ1) is 16.3. The largest absolute Gasteiger partial charge is 0.487 e. The van der Waals surface area contributed by atoms with Crippen molar-refractivity contribution < 1.29 is 9.47 Å². The minimum Gasteiger partial charge on any atom is -0.487 e. The van der Waals surface area contributed by atoms with Crippen LogP contribution in [0, 0.1) is 0 Å². The minimum atomic E-state index is -0.00320. The van der Waals surface area contributed by atoms with Crippen LogP contribution < -0.4 is 20.4 Å². The SMILES string of the molecule is C1=CC2Oc3cccc4c3B(c3cc(-c5ccccc5)ccc3O4)C2C=C1c1ccccc1. The highest BCUT2D eigenvalue weighted by Gasteiger charge is 2.46. The van der Waals surface area contributed by atoms with Crippen LogP contribution >= 0.6 is 0 Å². The van der Waals surface area contributed by atoms with Crippen LogP contribution in [0.25, 0.3) is 16.7 Å². The van der Waals surface area contributed by atoms with Gasteiger partial charge in [-0.1, -0.05) is 91.0 Å². The Morgan fingerprint density at radius 2 is 1.39 bits per heavy atom. The van der Waals surface area contributed by atoms with Gasteiger partial charge in [-0.15, -0.1) is 0 Å². The number of hydrogen-bond donors (Lipinski definition) is 0. The molecule has 3 heteroatoms. The van der Waals surface area contributed by atoms with Crippen LogP contribution in [0.3, 0.4) is 0 Å². The number of allylic oxidation sites excluding steroid dienone is 2. The summed E-state index contributed by atoms with van der Waals surface area (Å²) in [6, 6.07) is 33.9. The van der Waals surface area contributed by atoms with Gasteiger partial charge in [0.15, 0.2) is 0 Å². The second-order valence-corrected chi connectivity index (χ2v) is 8.87. The molecule has 0 aromatic heterocycles. The number of rotatable bonds is 2. The summed E-state index contributed by atoms with van der Waals surface area (Å²) in [5.74, 6) is 2.96. The maximum Gasteiger partial charge on any atom is 0.234 e. The smallest absolute Gasteiger partial charge is 0.234 e. The third kappa shape index (κ3) is 2.96. The summed E-state index contributed by atoms with van der Waals surface area (Å²) in [5.41, 5.74) is 7.29. The molecule has 2 nitrogen and oxygen atoms in total. The van der Waals surface area contributed by atoms with E-state index < -0.39 is 0 Å². The van der Waals surface area contributed by atoms with E-state index in [1.807, 2.05) is 6.07 Å². The van der Waals surface area contributed by atoms with Gasteiger partial charge in [-0.3, -0.25) is 0 Å². The van der Waals surface area contributed by atoms with Gasteiger partial charge in [0.1, 0.15) is 23.4 Å². The zero-order valence-corrected chi connectivity index (χ0v) is 18.0. The van der Waals surface area contributed by atoms with Crippen molar-refractivity contribution >= 4 is 23.2 Å². The molecule has 2 aliphatic heterocycles. The fraction of sp³-hybridized carbons (Fsp3) is 0.0667. The lowest BCUT2D eigenvalue weighted by Crippen LogP contribution is -2.56. The molecule has 33 heavy (non-hydrogen) atoms. The Balaban J connectivity index is 1.42. The number of hydrogen-bond acceptors (Lipinski definition) is 2. The van der Waals surface area contributed by atoms with E-state index in [9.17, 15) is 0 Å². The van der Waals surface area contributed by atoms with Crippen LogP contribution in [-0.4, -0.2) is 12.8 Å². The molecule has 0 saturated heterocycles. The molecule has 0 bridgehead atoms. The Bertz CT molecular complexity index is 1420. The summed E-state index contributed by atoms with van der Waals surface area (Å²) >= 11 is 0. The molecule has 0 radical (unpaired) electrons. The van der Waals surface area contributed by atoms with Gasteiger partial charge in [0.25, 0.3) is 0 Å². The highest BCUT2D eigenvalue weighted by Crippen LogP contribution is 2.42. The lowest BCUT2D eigenvalue weighted by Gasteiger charge is -2.41. The second kappa shape index (κ2) is 7.28. The molecule has 3 aliphatic rings. The van der Waals surface area contributed by atoms with Gasteiger partial charge in [0.2, 0.25) is 6.71 Å². The van der Waals surface area contributed by atoms with Crippen LogP contribution in [0.5, 0.6) is 17.2 Å². The Morgan fingerprint density at radius 1 is 0.636 bits per heavy atom. The van der Waals surface area contributed by atoms with Gasteiger partial charge in [0.05, 0.1) is 0 Å². The molecule has 2 atom stereocenters. The average Bonchev–Trinajstić information content (AvgIpc) is 2.89. The third-order valence-electron chi connectivity index (χ3n) is 6.98. The van der Waals surface area contributed by atoms with Gasteiger partial charge in [-0.25, -0.2) is 0 Å². The zero-order chi connectivity index (χ0) is 21.8. The molecular weight excluding hydrogens is 403 g/mol. The molecule has 7 rings (SSSR count). The van der Waals surface area contributed by atoms with Crippen LogP contribution in [0.1, 0.15) is 5.56 Å². The van der Waals surface area contributed by atoms with E-state index in [4.69, 9.17) is 9.47 Å². The predicted molar refractivity (Wildman–Crippen MR) is 135 cm³/mol. The summed E-state index contributed by atoms with van der Waals surface area (Å²) in [6.45, 7) is 0.172. The normalized spacial score (nSPS) is 19.4. The number of fused-ring (bicyclic) bond motifs is 4. The van der Waals surface area contributed by atoms with Gasteiger partial charge >= 0.3 is 0 Å². The van der Waals surface area contributed by atoms with Crippen molar-refractivity contribution in [3.63, 3.8) is 0 Å². The van der Waals surface area contributed by atoms with Gasteiger partial charge < -0.3 is 9.47 Å². The summed E-state index contributed by atoms with van der Waals surface area (Å²) < 4.78 is 12.9. The van der Waals surface area contributed by atoms with Crippen molar-refractivity contribution in [1.29, 1.82) is 0 Å². The fourth-order valence-electron chi connectivity index (χ4n) is 5.45. The second-order valence-electron chi connectivity index (χ2n) is 8.87. The molecule has 1 aliphatic carbocycles. The molecule has 0 N–H and O–H groups in total. The Morgan fingerprint density at radius 3 is 2.21 bits per heavy atom. The minimum absolute atomic E-state index is 0.00320. The molecule has 0 spiro atoms. The number of ether oxygens (including phenoxy) is 2. The van der Waals surface area contributed by atoms with E-state index in [1.54, 1.807) is 0 Å². The lowest BCUT2D eigenvalue weighted by atomic mass is 9.30. The van der Waals surface area contributed by atoms with E-state index >= 15 is 0 Å². The quantitative estimate of drug-likeness (QED) is 0.376. The molecule has 2 unspecified atom stereocenters. The van der Waals surface area contributed by atoms with E-state index in [0.717, 1.165) is 22.7 Å². The standard InChI is InChI=1S/C30H21BO2/c1-3-8-20(9-4-1)22-14-16-26-24(18-22)31-25-19-23(21-10-5-2-6-11-21)15-17-27(25)33-29-13-7-12-28(32-26)30(29)31/h1-19,24,26H. The van der Waals surface area contributed by atoms with Gasteiger partial charge in [-0.2, -0.15) is 0 Å². The molecule has 0 saturated carbocycles. The van der Waals surface area contributed by atoms with Gasteiger partial charge in [0, 0.05) is 11.3 Å². The fourth-order valence-corrected chi connectivity index (χ4v) is 5.45. The molecule has 0 fully saturated rings. The van der Waals surface area contributed by atoms with E-state index in [1.165, 1.54) is 27.7 Å². The molecule has 4 aromatic rings.